The van der Waals surface area contributed by atoms with E-state index in [1.165, 1.54) is 12.4 Å². The number of primary amides is 1. The fourth-order valence-electron chi connectivity index (χ4n) is 4.38. The molecule has 0 aromatic carbocycles. The number of aromatic nitrogens is 3. The molecule has 0 radical (unpaired) electrons. The maximum atomic E-state index is 15.5. The lowest BCUT2D eigenvalue weighted by Crippen LogP contribution is -2.34. The van der Waals surface area contributed by atoms with Crippen molar-refractivity contribution in [2.24, 2.45) is 11.7 Å². The number of halogens is 4. The first-order valence-corrected chi connectivity index (χ1v) is 11.8. The number of hydrogen-bond donors (Lipinski definition) is 3. The van der Waals surface area contributed by atoms with E-state index in [0.29, 0.717) is 31.5 Å². The van der Waals surface area contributed by atoms with Crippen LogP contribution in [0.1, 0.15) is 36.9 Å². The van der Waals surface area contributed by atoms with Crippen molar-refractivity contribution in [2.75, 3.05) is 36.4 Å². The number of nitrogens with two attached hydrogens (primary N) is 1. The molecule has 2 aromatic heterocycles. The van der Waals surface area contributed by atoms with Crippen LogP contribution in [-0.4, -0.2) is 69.2 Å². The van der Waals surface area contributed by atoms with Gasteiger partial charge in [-0.25, -0.2) is 9.97 Å². The van der Waals surface area contributed by atoms with Gasteiger partial charge in [0, 0.05) is 37.8 Å². The summed E-state index contributed by atoms with van der Waals surface area (Å²) in [5, 5.41) is 13.5. The molecule has 1 aliphatic carbocycles. The van der Waals surface area contributed by atoms with Crippen molar-refractivity contribution >= 4 is 17.5 Å². The average molecular weight is 512 g/mol. The van der Waals surface area contributed by atoms with Gasteiger partial charge >= 0.3 is 6.18 Å². The van der Waals surface area contributed by atoms with Crippen LogP contribution in [0.25, 0.3) is 0 Å². The molecular weight excluding hydrogens is 482 g/mol. The van der Waals surface area contributed by atoms with Crippen molar-refractivity contribution in [3.63, 3.8) is 0 Å². The number of likely N-dealkylation sites (tertiary alicyclic amines) is 1. The molecule has 196 valence electrons. The number of amides is 1. The first kappa shape index (κ1) is 26.0. The highest BCUT2D eigenvalue weighted by Crippen LogP contribution is 2.35. The Hall–Kier alpha value is -3.06. The summed E-state index contributed by atoms with van der Waals surface area (Å²) in [6.07, 6.45) is -0.0878. The lowest BCUT2D eigenvalue weighted by molar-refractivity contribution is -0.141. The first-order chi connectivity index (χ1) is 17.1. The van der Waals surface area contributed by atoms with Gasteiger partial charge in [-0.05, 0) is 43.9 Å². The molecule has 1 amide bonds. The van der Waals surface area contributed by atoms with Gasteiger partial charge in [0.25, 0.3) is 0 Å². The van der Waals surface area contributed by atoms with Crippen LogP contribution in [0.5, 0.6) is 0 Å². The monoisotopic (exact) mass is 511 g/mol. The Morgan fingerprint density at radius 1 is 1.17 bits per heavy atom. The fourth-order valence-corrected chi connectivity index (χ4v) is 4.38. The summed E-state index contributed by atoms with van der Waals surface area (Å²) >= 11 is 0. The molecule has 0 spiro atoms. The van der Waals surface area contributed by atoms with Crippen LogP contribution in [0.4, 0.5) is 29.2 Å². The van der Waals surface area contributed by atoms with Crippen LogP contribution in [0, 0.1) is 11.7 Å². The predicted octanol–water partition coefficient (Wildman–Crippen LogP) is 2.17. The third-order valence-electron chi connectivity index (χ3n) is 6.51. The van der Waals surface area contributed by atoms with Gasteiger partial charge in [0.2, 0.25) is 11.7 Å². The molecule has 0 bridgehead atoms. The number of pyridine rings is 1. The molecule has 2 atom stereocenters. The number of nitrogens with zero attached hydrogens (tertiary/aromatic N) is 5. The highest BCUT2D eigenvalue weighted by atomic mass is 19.4. The van der Waals surface area contributed by atoms with E-state index in [0.717, 1.165) is 25.1 Å². The zero-order chi connectivity index (χ0) is 25.9. The second-order valence-electron chi connectivity index (χ2n) is 9.30. The number of anilines is 2. The molecule has 4 N–H and O–H groups in total. The highest BCUT2D eigenvalue weighted by molar-refractivity contribution is 5.75. The molecule has 3 heterocycles. The van der Waals surface area contributed by atoms with Crippen LogP contribution in [-0.2, 0) is 17.5 Å². The Bertz CT molecular complexity index is 1050. The molecule has 9 nitrogen and oxygen atoms in total. The van der Waals surface area contributed by atoms with Crippen molar-refractivity contribution < 1.29 is 27.5 Å². The first-order valence-electron chi connectivity index (χ1n) is 11.8. The molecule has 1 saturated carbocycles. The van der Waals surface area contributed by atoms with Crippen LogP contribution >= 0.6 is 0 Å². The van der Waals surface area contributed by atoms with Gasteiger partial charge in [0.15, 0.2) is 11.6 Å². The number of rotatable bonds is 9. The minimum Gasteiger partial charge on any atom is -0.393 e. The van der Waals surface area contributed by atoms with Crippen LogP contribution in [0.2, 0.25) is 0 Å². The van der Waals surface area contributed by atoms with Crippen molar-refractivity contribution in [2.45, 2.75) is 50.6 Å². The van der Waals surface area contributed by atoms with E-state index < -0.39 is 29.7 Å². The Balaban J connectivity index is 1.43. The van der Waals surface area contributed by atoms with E-state index in [1.54, 1.807) is 4.90 Å². The van der Waals surface area contributed by atoms with E-state index in [1.807, 2.05) is 4.90 Å². The topological polar surface area (TPSA) is 120 Å². The smallest absolute Gasteiger partial charge is 0.393 e. The molecule has 4 rings (SSSR count). The third-order valence-corrected chi connectivity index (χ3v) is 6.51. The van der Waals surface area contributed by atoms with Gasteiger partial charge in [0.05, 0.1) is 12.6 Å². The summed E-state index contributed by atoms with van der Waals surface area (Å²) in [5.74, 6) is -1.23. The second kappa shape index (κ2) is 10.9. The standard InChI is InChI=1S/C23H29F4N7O2/c24-20-21(30-10-15-5-7-33(12-19(28)36)8-6-17(15)35)31-13-32-22(20)34(16-2-3-16)11-14-1-4-18(29-9-14)23(25,26)27/h1,4,9,13,15-17,35H,2-3,5-8,10-12H2,(H2,28,36)(H,30,31,32). The number of aliphatic hydroxyl groups excluding tert-OH is 1. The van der Waals surface area contributed by atoms with Crippen molar-refractivity contribution in [1.29, 1.82) is 0 Å². The number of nitrogens with one attached hydrogen (secondary N) is 1. The van der Waals surface area contributed by atoms with Crippen LogP contribution in [0.3, 0.4) is 0 Å². The molecule has 36 heavy (non-hydrogen) atoms. The zero-order valence-electron chi connectivity index (χ0n) is 19.6. The van der Waals surface area contributed by atoms with E-state index in [9.17, 15) is 23.1 Å². The Labute approximate surface area is 205 Å². The molecular formula is C23H29F4N7O2. The quantitative estimate of drug-likeness (QED) is 0.438. The summed E-state index contributed by atoms with van der Waals surface area (Å²) in [7, 11) is 0. The number of aliphatic hydroxyl groups is 1. The maximum absolute atomic E-state index is 15.5. The lowest BCUT2D eigenvalue weighted by Gasteiger charge is -2.25. The third kappa shape index (κ3) is 6.58. The predicted molar refractivity (Wildman–Crippen MR) is 123 cm³/mol. The van der Waals surface area contributed by atoms with Gasteiger partial charge < -0.3 is 21.1 Å². The number of carbonyl (C=O) groups is 1. The Morgan fingerprint density at radius 3 is 2.56 bits per heavy atom. The van der Waals surface area contributed by atoms with Gasteiger partial charge in [-0.1, -0.05) is 6.07 Å². The molecule has 1 saturated heterocycles. The SMILES string of the molecule is NC(=O)CN1CCC(O)C(CNc2ncnc(N(Cc3ccc(C(F)(F)F)nc3)C3CC3)c2F)CC1. The van der Waals surface area contributed by atoms with E-state index in [-0.39, 0.29) is 43.2 Å². The largest absolute Gasteiger partial charge is 0.433 e. The van der Waals surface area contributed by atoms with Gasteiger partial charge in [0.1, 0.15) is 12.0 Å². The van der Waals surface area contributed by atoms with E-state index >= 15 is 4.39 Å². The summed E-state index contributed by atoms with van der Waals surface area (Å²) in [4.78, 5) is 26.4. The summed E-state index contributed by atoms with van der Waals surface area (Å²) < 4.78 is 53.9. The highest BCUT2D eigenvalue weighted by Gasteiger charge is 2.34. The maximum Gasteiger partial charge on any atom is 0.433 e. The molecule has 2 unspecified atom stereocenters. The number of hydrogen-bond acceptors (Lipinski definition) is 8. The van der Waals surface area contributed by atoms with Crippen LogP contribution in [0.15, 0.2) is 24.7 Å². The number of carbonyl (C=O) groups excluding carboxylic acids is 1. The average Bonchev–Trinajstić information content (AvgIpc) is 3.67. The number of alkyl halides is 3. The molecule has 1 aliphatic heterocycles. The zero-order valence-corrected chi connectivity index (χ0v) is 19.6. The molecule has 2 aliphatic rings. The summed E-state index contributed by atoms with van der Waals surface area (Å²) in [6.45, 7) is 1.68. The molecule has 2 fully saturated rings. The second-order valence-corrected chi connectivity index (χ2v) is 9.30. The van der Waals surface area contributed by atoms with Crippen LogP contribution < -0.4 is 16.0 Å². The van der Waals surface area contributed by atoms with Crippen molar-refractivity contribution in [1.82, 2.24) is 19.9 Å². The minimum absolute atomic E-state index is 0.0124. The van der Waals surface area contributed by atoms with Gasteiger partial charge in [-0.2, -0.15) is 17.6 Å². The minimum atomic E-state index is -4.53. The van der Waals surface area contributed by atoms with Crippen molar-refractivity contribution in [3.8, 4) is 0 Å². The Kier molecular flexibility index (Phi) is 7.88. The van der Waals surface area contributed by atoms with E-state index in [2.05, 4.69) is 20.3 Å². The normalized spacial score (nSPS) is 21.1. The Morgan fingerprint density at radius 2 is 1.92 bits per heavy atom. The van der Waals surface area contributed by atoms with Gasteiger partial charge in [-0.3, -0.25) is 14.7 Å². The van der Waals surface area contributed by atoms with E-state index in [4.69, 9.17) is 5.73 Å². The summed E-state index contributed by atoms with van der Waals surface area (Å²) in [5.41, 5.74) is 4.79. The van der Waals surface area contributed by atoms with Crippen molar-refractivity contribution in [3.05, 3.63) is 41.7 Å². The lowest BCUT2D eigenvalue weighted by atomic mass is 9.97. The molecule has 13 heteroatoms. The summed E-state index contributed by atoms with van der Waals surface area (Å²) in [6, 6.07) is 2.26. The molecule has 2 aromatic rings. The van der Waals surface area contributed by atoms with Gasteiger partial charge in [-0.15, -0.1) is 0 Å². The fraction of sp³-hybridized carbons (Fsp3) is 0.565.